The number of rotatable bonds is 7. The van der Waals surface area contributed by atoms with Crippen LogP contribution in [-0.2, 0) is 14.3 Å². The van der Waals surface area contributed by atoms with Crippen molar-refractivity contribution in [3.63, 3.8) is 0 Å². The lowest BCUT2D eigenvalue weighted by molar-refractivity contribution is -0.173. The normalized spacial score (nSPS) is 27.8. The van der Waals surface area contributed by atoms with Crippen LogP contribution in [0.15, 0.2) is 0 Å². The number of carboxylic acid groups (broad SMARTS) is 1. The average Bonchev–Trinajstić information content (AvgIpc) is 2.41. The molecule has 0 radical (unpaired) electrons. The number of carbonyl (C=O) groups is 2. The molecule has 0 aromatic heterocycles. The highest BCUT2D eigenvalue weighted by atomic mass is 16.5. The summed E-state index contributed by atoms with van der Waals surface area (Å²) in [5, 5.41) is 12.2. The Hall–Kier alpha value is -1.10. The number of amides is 1. The minimum absolute atomic E-state index is 0.00723. The van der Waals surface area contributed by atoms with E-state index in [0.29, 0.717) is 0 Å². The second kappa shape index (κ2) is 6.34. The minimum Gasteiger partial charge on any atom is -0.481 e. The van der Waals surface area contributed by atoms with Gasteiger partial charge in [-0.15, -0.1) is 0 Å². The SMILES string of the molecule is CCC1(CC)C(NC(=O)CC(C)(C)C(=O)O)C(C)C1OC. The smallest absolute Gasteiger partial charge is 0.309 e. The molecule has 0 bridgehead atoms. The van der Waals surface area contributed by atoms with Gasteiger partial charge in [0.2, 0.25) is 5.91 Å². The maximum absolute atomic E-state index is 12.2. The lowest BCUT2D eigenvalue weighted by Crippen LogP contribution is -2.70. The van der Waals surface area contributed by atoms with Gasteiger partial charge in [0.25, 0.3) is 0 Å². The fourth-order valence-corrected chi connectivity index (χ4v) is 3.80. The fraction of sp³-hybridized carbons (Fsp3) is 0.875. The van der Waals surface area contributed by atoms with Crippen molar-refractivity contribution in [2.75, 3.05) is 7.11 Å². The molecule has 0 aromatic carbocycles. The molecule has 0 aromatic rings. The van der Waals surface area contributed by atoms with Gasteiger partial charge in [-0.25, -0.2) is 0 Å². The zero-order valence-electron chi connectivity index (χ0n) is 14.0. The van der Waals surface area contributed by atoms with E-state index in [4.69, 9.17) is 9.84 Å². The van der Waals surface area contributed by atoms with Gasteiger partial charge in [0.1, 0.15) is 0 Å². The molecule has 1 rings (SSSR count). The van der Waals surface area contributed by atoms with Crippen molar-refractivity contribution in [3.8, 4) is 0 Å². The quantitative estimate of drug-likeness (QED) is 0.757. The van der Waals surface area contributed by atoms with Crippen molar-refractivity contribution >= 4 is 11.9 Å². The number of hydrogen-bond acceptors (Lipinski definition) is 3. The van der Waals surface area contributed by atoms with Crippen LogP contribution in [0.1, 0.15) is 53.9 Å². The molecule has 122 valence electrons. The first-order valence-corrected chi connectivity index (χ1v) is 7.71. The highest BCUT2D eigenvalue weighted by molar-refractivity contribution is 5.84. The van der Waals surface area contributed by atoms with Gasteiger partial charge in [-0.05, 0) is 26.7 Å². The van der Waals surface area contributed by atoms with E-state index in [9.17, 15) is 9.59 Å². The fourth-order valence-electron chi connectivity index (χ4n) is 3.80. The van der Waals surface area contributed by atoms with Crippen LogP contribution < -0.4 is 5.32 Å². The van der Waals surface area contributed by atoms with Gasteiger partial charge in [-0.3, -0.25) is 9.59 Å². The molecule has 0 spiro atoms. The molecule has 1 fully saturated rings. The van der Waals surface area contributed by atoms with Crippen LogP contribution in [0.4, 0.5) is 0 Å². The summed E-state index contributed by atoms with van der Waals surface area (Å²) in [5.41, 5.74) is -1.09. The van der Waals surface area contributed by atoms with E-state index in [1.807, 2.05) is 0 Å². The average molecular weight is 299 g/mol. The maximum Gasteiger partial charge on any atom is 0.309 e. The van der Waals surface area contributed by atoms with Crippen LogP contribution in [0.25, 0.3) is 0 Å². The monoisotopic (exact) mass is 299 g/mol. The lowest BCUT2D eigenvalue weighted by Gasteiger charge is -2.59. The van der Waals surface area contributed by atoms with Gasteiger partial charge < -0.3 is 15.2 Å². The number of carboxylic acids is 1. The number of methoxy groups -OCH3 is 1. The Labute approximate surface area is 127 Å². The Kier molecular flexibility index (Phi) is 5.42. The zero-order chi connectivity index (χ0) is 16.4. The second-order valence-corrected chi connectivity index (χ2v) is 6.87. The molecule has 0 heterocycles. The van der Waals surface area contributed by atoms with E-state index in [0.717, 1.165) is 12.8 Å². The molecule has 5 nitrogen and oxygen atoms in total. The first-order valence-electron chi connectivity index (χ1n) is 7.71. The first kappa shape index (κ1) is 18.0. The van der Waals surface area contributed by atoms with E-state index in [2.05, 4.69) is 26.1 Å². The third kappa shape index (κ3) is 3.07. The Morgan fingerprint density at radius 1 is 1.29 bits per heavy atom. The molecule has 5 heteroatoms. The molecule has 1 aliphatic carbocycles. The third-order valence-corrected chi connectivity index (χ3v) is 5.26. The topological polar surface area (TPSA) is 75.6 Å². The molecule has 1 aliphatic rings. The largest absolute Gasteiger partial charge is 0.481 e. The lowest BCUT2D eigenvalue weighted by atomic mass is 9.53. The highest BCUT2D eigenvalue weighted by Gasteiger charge is 2.58. The van der Waals surface area contributed by atoms with Crippen molar-refractivity contribution in [1.29, 1.82) is 0 Å². The van der Waals surface area contributed by atoms with Gasteiger partial charge in [-0.1, -0.05) is 20.8 Å². The molecule has 21 heavy (non-hydrogen) atoms. The van der Waals surface area contributed by atoms with Crippen LogP contribution >= 0.6 is 0 Å². The van der Waals surface area contributed by atoms with Gasteiger partial charge in [0.05, 0.1) is 11.5 Å². The summed E-state index contributed by atoms with van der Waals surface area (Å²) >= 11 is 0. The van der Waals surface area contributed by atoms with Crippen LogP contribution in [-0.4, -0.2) is 36.2 Å². The van der Waals surface area contributed by atoms with Crippen molar-refractivity contribution in [2.24, 2.45) is 16.7 Å². The summed E-state index contributed by atoms with van der Waals surface area (Å²) in [6.07, 6.45) is 2.00. The molecular formula is C16H29NO4. The van der Waals surface area contributed by atoms with Crippen LogP contribution in [0.5, 0.6) is 0 Å². The Morgan fingerprint density at radius 2 is 1.81 bits per heavy atom. The van der Waals surface area contributed by atoms with Gasteiger partial charge >= 0.3 is 5.97 Å². The standard InChI is InChI=1S/C16H29NO4/c1-7-16(8-2)12(10(3)13(16)21-6)17-11(18)9-15(4,5)14(19)20/h10,12-13H,7-9H2,1-6H3,(H,17,18)(H,19,20). The summed E-state index contributed by atoms with van der Waals surface area (Å²) in [4.78, 5) is 23.3. The zero-order valence-corrected chi connectivity index (χ0v) is 14.0. The van der Waals surface area contributed by atoms with Crippen LogP contribution in [0.3, 0.4) is 0 Å². The molecule has 3 atom stereocenters. The minimum atomic E-state index is -1.04. The molecule has 0 aliphatic heterocycles. The summed E-state index contributed by atoms with van der Waals surface area (Å²) in [7, 11) is 1.72. The number of nitrogens with one attached hydrogen (secondary N) is 1. The molecule has 0 saturated heterocycles. The molecule has 1 saturated carbocycles. The van der Waals surface area contributed by atoms with E-state index < -0.39 is 11.4 Å². The third-order valence-electron chi connectivity index (χ3n) is 5.26. The van der Waals surface area contributed by atoms with Gasteiger partial charge in [-0.2, -0.15) is 0 Å². The van der Waals surface area contributed by atoms with E-state index in [-0.39, 0.29) is 35.8 Å². The van der Waals surface area contributed by atoms with Gasteiger partial charge in [0.15, 0.2) is 0 Å². The Bertz CT molecular complexity index is 401. The van der Waals surface area contributed by atoms with E-state index in [1.165, 1.54) is 0 Å². The summed E-state index contributed by atoms with van der Waals surface area (Å²) < 4.78 is 5.60. The molecule has 1 amide bonds. The van der Waals surface area contributed by atoms with E-state index in [1.54, 1.807) is 21.0 Å². The number of carbonyl (C=O) groups excluding carboxylic acids is 1. The summed E-state index contributed by atoms with van der Waals surface area (Å²) in [6, 6.07) is 0.0505. The van der Waals surface area contributed by atoms with E-state index >= 15 is 0 Å². The summed E-state index contributed by atoms with van der Waals surface area (Å²) in [6.45, 7) is 9.45. The second-order valence-electron chi connectivity index (χ2n) is 6.87. The predicted molar refractivity (Wildman–Crippen MR) is 80.9 cm³/mol. The van der Waals surface area contributed by atoms with Crippen molar-refractivity contribution in [2.45, 2.75) is 66.0 Å². The van der Waals surface area contributed by atoms with Crippen molar-refractivity contribution in [3.05, 3.63) is 0 Å². The van der Waals surface area contributed by atoms with Crippen molar-refractivity contribution < 1.29 is 19.4 Å². The van der Waals surface area contributed by atoms with Crippen LogP contribution in [0, 0.1) is 16.7 Å². The molecular weight excluding hydrogens is 270 g/mol. The van der Waals surface area contributed by atoms with Crippen molar-refractivity contribution in [1.82, 2.24) is 5.32 Å². The predicted octanol–water partition coefficient (Wildman–Crippen LogP) is 2.44. The van der Waals surface area contributed by atoms with Gasteiger partial charge in [0, 0.05) is 30.9 Å². The maximum atomic E-state index is 12.2. The molecule has 3 unspecified atom stereocenters. The van der Waals surface area contributed by atoms with Crippen LogP contribution in [0.2, 0.25) is 0 Å². The highest BCUT2D eigenvalue weighted by Crippen LogP contribution is 2.52. The summed E-state index contributed by atoms with van der Waals surface area (Å²) in [5.74, 6) is -0.904. The molecule has 2 N–H and O–H groups in total. The number of aliphatic carboxylic acids is 1. The first-order chi connectivity index (χ1) is 9.66. The number of hydrogen-bond donors (Lipinski definition) is 2. The number of ether oxygens (including phenoxy) is 1. The Balaban J connectivity index is 2.78. The Morgan fingerprint density at radius 3 is 2.19 bits per heavy atom.